The first-order valence-corrected chi connectivity index (χ1v) is 6.01. The van der Waals surface area contributed by atoms with E-state index in [1.54, 1.807) is 19.3 Å². The minimum absolute atomic E-state index is 0.126. The Morgan fingerprint density at radius 1 is 1.44 bits per heavy atom. The molecule has 1 aliphatic carbocycles. The van der Waals surface area contributed by atoms with Gasteiger partial charge in [0.05, 0.1) is 18.6 Å². The van der Waals surface area contributed by atoms with Gasteiger partial charge in [-0.25, -0.2) is 4.79 Å². The van der Waals surface area contributed by atoms with Crippen LogP contribution in [0, 0.1) is 5.92 Å². The summed E-state index contributed by atoms with van der Waals surface area (Å²) in [5.74, 6) is 0.257. The molecule has 0 spiro atoms. The molecule has 1 aromatic heterocycles. The second kappa shape index (κ2) is 4.01. The lowest BCUT2D eigenvalue weighted by atomic mass is 9.92. The summed E-state index contributed by atoms with van der Waals surface area (Å²) in [6.45, 7) is 1.77. The number of carbonyl (C=O) groups is 2. The maximum Gasteiger partial charge on any atom is 0.319 e. The number of hydrogen-bond donors (Lipinski definition) is 2. The molecule has 18 heavy (non-hydrogen) atoms. The molecular formula is C13H14N2O3. The van der Waals surface area contributed by atoms with Crippen molar-refractivity contribution in [1.29, 1.82) is 0 Å². The zero-order valence-electron chi connectivity index (χ0n) is 10.0. The summed E-state index contributed by atoms with van der Waals surface area (Å²) in [5, 5.41) is 5.44. The van der Waals surface area contributed by atoms with Crippen molar-refractivity contribution < 1.29 is 14.0 Å². The average molecular weight is 246 g/mol. The van der Waals surface area contributed by atoms with Crippen molar-refractivity contribution in [3.63, 3.8) is 0 Å². The monoisotopic (exact) mass is 246 g/mol. The van der Waals surface area contributed by atoms with Gasteiger partial charge in [-0.3, -0.25) is 4.79 Å². The SMILES string of the molecule is CC1=C(C(=O)C2CC2)C(c2ccoc2)NC(=O)N1. The standard InChI is InChI=1S/C13H14N2O3/c1-7-10(12(16)8-2-3-8)11(15-13(17)14-7)9-4-5-18-6-9/h4-6,8,11H,2-3H2,1H3,(H2,14,15,17). The molecular weight excluding hydrogens is 232 g/mol. The molecule has 1 fully saturated rings. The van der Waals surface area contributed by atoms with Crippen LogP contribution in [0.5, 0.6) is 0 Å². The average Bonchev–Trinajstić information content (AvgIpc) is 3.03. The molecule has 94 valence electrons. The van der Waals surface area contributed by atoms with E-state index in [-0.39, 0.29) is 17.7 Å². The maximum absolute atomic E-state index is 12.3. The normalized spacial score (nSPS) is 23.6. The van der Waals surface area contributed by atoms with Gasteiger partial charge in [-0.15, -0.1) is 0 Å². The highest BCUT2D eigenvalue weighted by Gasteiger charge is 2.39. The van der Waals surface area contributed by atoms with Crippen LogP contribution < -0.4 is 10.6 Å². The van der Waals surface area contributed by atoms with Gasteiger partial charge in [-0.05, 0) is 25.8 Å². The van der Waals surface area contributed by atoms with Crippen molar-refractivity contribution in [1.82, 2.24) is 10.6 Å². The van der Waals surface area contributed by atoms with Gasteiger partial charge in [0.15, 0.2) is 5.78 Å². The van der Waals surface area contributed by atoms with Crippen molar-refractivity contribution in [3.8, 4) is 0 Å². The van der Waals surface area contributed by atoms with Gasteiger partial charge >= 0.3 is 6.03 Å². The fourth-order valence-corrected chi connectivity index (χ4v) is 2.28. The molecule has 1 unspecified atom stereocenters. The van der Waals surface area contributed by atoms with Crippen molar-refractivity contribution in [2.75, 3.05) is 0 Å². The predicted molar refractivity (Wildman–Crippen MR) is 63.5 cm³/mol. The van der Waals surface area contributed by atoms with Gasteiger partial charge in [-0.2, -0.15) is 0 Å². The van der Waals surface area contributed by atoms with Crippen molar-refractivity contribution in [2.45, 2.75) is 25.8 Å². The largest absolute Gasteiger partial charge is 0.472 e. The number of nitrogens with one attached hydrogen (secondary N) is 2. The Labute approximate surface area is 104 Å². The summed E-state index contributed by atoms with van der Waals surface area (Å²) in [4.78, 5) is 23.8. The fourth-order valence-electron chi connectivity index (χ4n) is 2.28. The lowest BCUT2D eigenvalue weighted by Crippen LogP contribution is -2.45. The molecule has 5 nitrogen and oxygen atoms in total. The Bertz CT molecular complexity index is 526. The molecule has 1 aliphatic heterocycles. The van der Waals surface area contributed by atoms with E-state index < -0.39 is 6.04 Å². The van der Waals surface area contributed by atoms with Crippen molar-refractivity contribution >= 4 is 11.8 Å². The summed E-state index contributed by atoms with van der Waals surface area (Å²) in [6.07, 6.45) is 4.99. The Kier molecular flexibility index (Phi) is 2.47. The van der Waals surface area contributed by atoms with Gasteiger partial charge in [-0.1, -0.05) is 0 Å². The summed E-state index contributed by atoms with van der Waals surface area (Å²) in [6, 6.07) is 1.08. The number of furan rings is 1. The van der Waals surface area contributed by atoms with E-state index in [4.69, 9.17) is 4.42 Å². The van der Waals surface area contributed by atoms with E-state index in [2.05, 4.69) is 10.6 Å². The zero-order valence-corrected chi connectivity index (χ0v) is 10.0. The minimum atomic E-state index is -0.398. The van der Waals surface area contributed by atoms with Crippen LogP contribution in [0.1, 0.15) is 31.4 Å². The van der Waals surface area contributed by atoms with Gasteiger partial charge in [0.2, 0.25) is 0 Å². The number of allylic oxidation sites excluding steroid dienone is 1. The molecule has 2 N–H and O–H groups in total. The minimum Gasteiger partial charge on any atom is -0.472 e. The Morgan fingerprint density at radius 2 is 2.22 bits per heavy atom. The molecule has 2 aliphatic rings. The number of Topliss-reactive ketones (excluding diaryl/α,β-unsaturated/α-hetero) is 1. The molecule has 1 atom stereocenters. The Morgan fingerprint density at radius 3 is 2.83 bits per heavy atom. The van der Waals surface area contributed by atoms with Gasteiger partial charge < -0.3 is 15.1 Å². The van der Waals surface area contributed by atoms with Gasteiger partial charge in [0.1, 0.15) is 0 Å². The van der Waals surface area contributed by atoms with Crippen LogP contribution in [0.4, 0.5) is 4.79 Å². The zero-order chi connectivity index (χ0) is 12.7. The first-order chi connectivity index (χ1) is 8.66. The fraction of sp³-hybridized carbons (Fsp3) is 0.385. The number of hydrogen-bond acceptors (Lipinski definition) is 3. The molecule has 3 rings (SSSR count). The first kappa shape index (κ1) is 11.1. The number of carbonyl (C=O) groups excluding carboxylic acids is 2. The second-order valence-corrected chi connectivity index (χ2v) is 4.77. The molecule has 0 radical (unpaired) electrons. The van der Waals surface area contributed by atoms with Crippen LogP contribution in [0.15, 0.2) is 34.3 Å². The first-order valence-electron chi connectivity index (χ1n) is 6.01. The van der Waals surface area contributed by atoms with E-state index in [0.717, 1.165) is 18.4 Å². The topological polar surface area (TPSA) is 71.3 Å². The van der Waals surface area contributed by atoms with Crippen LogP contribution in [0.25, 0.3) is 0 Å². The predicted octanol–water partition coefficient (Wildman–Crippen LogP) is 1.89. The quantitative estimate of drug-likeness (QED) is 0.855. The highest BCUT2D eigenvalue weighted by molar-refractivity contribution is 6.02. The highest BCUT2D eigenvalue weighted by atomic mass is 16.3. The lowest BCUT2D eigenvalue weighted by Gasteiger charge is -2.27. The number of amides is 2. The van der Waals surface area contributed by atoms with Crippen LogP contribution in [-0.2, 0) is 4.79 Å². The number of rotatable bonds is 3. The van der Waals surface area contributed by atoms with Crippen LogP contribution in [0.3, 0.4) is 0 Å². The third-order valence-electron chi connectivity index (χ3n) is 3.36. The number of urea groups is 1. The molecule has 1 aromatic rings. The smallest absolute Gasteiger partial charge is 0.319 e. The highest BCUT2D eigenvalue weighted by Crippen LogP contribution is 2.37. The van der Waals surface area contributed by atoms with Crippen molar-refractivity contribution in [3.05, 3.63) is 35.4 Å². The molecule has 1 saturated carbocycles. The Balaban J connectivity index is 2.01. The second-order valence-electron chi connectivity index (χ2n) is 4.77. The van der Waals surface area contributed by atoms with Crippen LogP contribution in [0.2, 0.25) is 0 Å². The van der Waals surface area contributed by atoms with E-state index in [1.807, 2.05) is 0 Å². The van der Waals surface area contributed by atoms with Crippen molar-refractivity contribution in [2.24, 2.45) is 5.92 Å². The van der Waals surface area contributed by atoms with E-state index >= 15 is 0 Å². The van der Waals surface area contributed by atoms with E-state index in [0.29, 0.717) is 11.3 Å². The molecule has 2 amide bonds. The molecule has 0 bridgehead atoms. The lowest BCUT2D eigenvalue weighted by molar-refractivity contribution is -0.117. The molecule has 5 heteroatoms. The van der Waals surface area contributed by atoms with Crippen LogP contribution in [-0.4, -0.2) is 11.8 Å². The summed E-state index contributed by atoms with van der Waals surface area (Å²) in [5.41, 5.74) is 2.09. The molecule has 0 aromatic carbocycles. The van der Waals surface area contributed by atoms with E-state index in [1.165, 1.54) is 6.26 Å². The summed E-state index contributed by atoms with van der Waals surface area (Å²) < 4.78 is 5.04. The van der Waals surface area contributed by atoms with Gasteiger partial charge in [0.25, 0.3) is 0 Å². The van der Waals surface area contributed by atoms with Crippen LogP contribution >= 0.6 is 0 Å². The van der Waals surface area contributed by atoms with E-state index in [9.17, 15) is 9.59 Å². The van der Waals surface area contributed by atoms with Gasteiger partial charge in [0, 0.05) is 22.8 Å². The maximum atomic E-state index is 12.3. The third-order valence-corrected chi connectivity index (χ3v) is 3.36. The summed E-state index contributed by atoms with van der Waals surface area (Å²) >= 11 is 0. The summed E-state index contributed by atoms with van der Waals surface area (Å²) in [7, 11) is 0. The number of ketones is 1. The molecule has 0 saturated heterocycles. The molecule has 2 heterocycles. The Hall–Kier alpha value is -2.04. The third kappa shape index (κ3) is 1.81.